The van der Waals surface area contributed by atoms with Crippen LogP contribution in [0.1, 0.15) is 15.9 Å². The van der Waals surface area contributed by atoms with Crippen LogP contribution in [0.5, 0.6) is 11.5 Å². The summed E-state index contributed by atoms with van der Waals surface area (Å²) in [6.07, 6.45) is 0. The van der Waals surface area contributed by atoms with E-state index in [4.69, 9.17) is 21.1 Å². The van der Waals surface area contributed by atoms with Crippen molar-refractivity contribution in [2.75, 3.05) is 19.5 Å². The molecule has 9 heteroatoms. The van der Waals surface area contributed by atoms with Crippen LogP contribution < -0.4 is 14.8 Å². The number of ether oxygens (including phenoxy) is 2. The van der Waals surface area contributed by atoms with E-state index in [9.17, 15) is 4.79 Å². The van der Waals surface area contributed by atoms with Crippen LogP contribution in [0, 0.1) is 0 Å². The lowest BCUT2D eigenvalue weighted by Gasteiger charge is -2.11. The number of amides is 1. The normalized spacial score (nSPS) is 10.5. The molecule has 0 spiro atoms. The number of para-hydroxylation sites is 1. The molecular weight excluding hydrogens is 406 g/mol. The maximum atomic E-state index is 12.6. The van der Waals surface area contributed by atoms with Crippen LogP contribution in [0.2, 0.25) is 5.02 Å². The highest BCUT2D eigenvalue weighted by Crippen LogP contribution is 2.32. The Hall–Kier alpha value is -2.29. The van der Waals surface area contributed by atoms with E-state index in [-0.39, 0.29) is 5.91 Å². The number of aromatic nitrogens is 2. The van der Waals surface area contributed by atoms with E-state index in [1.807, 2.05) is 24.3 Å². The number of carbonyl (C=O) groups is 1. The summed E-state index contributed by atoms with van der Waals surface area (Å²) in [5.41, 5.74) is 1.49. The minimum atomic E-state index is -0.337. The number of halogens is 1. The van der Waals surface area contributed by atoms with Gasteiger partial charge in [-0.05, 0) is 29.8 Å². The van der Waals surface area contributed by atoms with Gasteiger partial charge < -0.3 is 9.47 Å². The summed E-state index contributed by atoms with van der Waals surface area (Å²) in [4.78, 5) is 12.6. The highest BCUT2D eigenvalue weighted by atomic mass is 35.5. The molecule has 6 nitrogen and oxygen atoms in total. The molecule has 27 heavy (non-hydrogen) atoms. The molecule has 0 radical (unpaired) electrons. The average molecular weight is 422 g/mol. The molecule has 140 valence electrons. The fraction of sp³-hybridized carbons (Fsp3) is 0.167. The number of methoxy groups -OCH3 is 2. The van der Waals surface area contributed by atoms with Gasteiger partial charge in [0.15, 0.2) is 15.8 Å². The minimum Gasteiger partial charge on any atom is -0.493 e. The third kappa shape index (κ3) is 4.91. The fourth-order valence-electron chi connectivity index (χ4n) is 2.27. The molecule has 3 aromatic rings. The molecule has 0 atom stereocenters. The molecule has 1 amide bonds. The van der Waals surface area contributed by atoms with E-state index in [1.54, 1.807) is 30.0 Å². The fourth-order valence-corrected chi connectivity index (χ4v) is 4.10. The van der Waals surface area contributed by atoms with Gasteiger partial charge in [-0.2, -0.15) is 0 Å². The van der Waals surface area contributed by atoms with Gasteiger partial charge in [0, 0.05) is 10.8 Å². The molecule has 3 rings (SSSR count). The molecule has 1 heterocycles. The van der Waals surface area contributed by atoms with Gasteiger partial charge in [0.2, 0.25) is 5.13 Å². The first-order valence-electron chi connectivity index (χ1n) is 7.84. The topological polar surface area (TPSA) is 73.3 Å². The number of carbonyl (C=O) groups excluding carboxylic acids is 1. The molecule has 0 bridgehead atoms. The smallest absolute Gasteiger partial charge is 0.261 e. The van der Waals surface area contributed by atoms with Gasteiger partial charge in [-0.25, -0.2) is 0 Å². The van der Waals surface area contributed by atoms with Crippen LogP contribution >= 0.6 is 34.7 Å². The van der Waals surface area contributed by atoms with Crippen LogP contribution in [0.25, 0.3) is 0 Å². The molecule has 0 saturated heterocycles. The second-order valence-corrected chi connectivity index (χ2v) is 7.92. The third-order valence-corrected chi connectivity index (χ3v) is 5.85. The summed E-state index contributed by atoms with van der Waals surface area (Å²) in [5, 5.41) is 12.0. The largest absolute Gasteiger partial charge is 0.493 e. The van der Waals surface area contributed by atoms with Gasteiger partial charge in [0.1, 0.15) is 0 Å². The number of hydrogen-bond acceptors (Lipinski definition) is 7. The predicted octanol–water partition coefficient (Wildman–Crippen LogP) is 4.75. The average Bonchev–Trinajstić information content (AvgIpc) is 3.14. The Balaban J connectivity index is 1.65. The first kappa shape index (κ1) is 19.5. The van der Waals surface area contributed by atoms with E-state index >= 15 is 0 Å². The van der Waals surface area contributed by atoms with Gasteiger partial charge in [0.25, 0.3) is 5.91 Å². The maximum Gasteiger partial charge on any atom is 0.261 e. The van der Waals surface area contributed by atoms with Crippen molar-refractivity contribution in [1.29, 1.82) is 0 Å². The Kier molecular flexibility index (Phi) is 6.54. The summed E-state index contributed by atoms with van der Waals surface area (Å²) in [6, 6.07) is 12.8. The summed E-state index contributed by atoms with van der Waals surface area (Å²) in [7, 11) is 3.01. The molecule has 0 aliphatic rings. The lowest BCUT2D eigenvalue weighted by Crippen LogP contribution is -2.13. The molecular formula is C18H16ClN3O3S2. The molecule has 1 N–H and O–H groups in total. The van der Waals surface area contributed by atoms with Crippen molar-refractivity contribution in [2.45, 2.75) is 10.1 Å². The van der Waals surface area contributed by atoms with Crippen molar-refractivity contribution >= 4 is 45.7 Å². The number of benzene rings is 2. The van der Waals surface area contributed by atoms with E-state index in [2.05, 4.69) is 15.5 Å². The van der Waals surface area contributed by atoms with Crippen LogP contribution in [-0.4, -0.2) is 30.3 Å². The maximum absolute atomic E-state index is 12.6. The van der Waals surface area contributed by atoms with Crippen molar-refractivity contribution < 1.29 is 14.3 Å². The second-order valence-electron chi connectivity index (χ2n) is 5.28. The van der Waals surface area contributed by atoms with Crippen molar-refractivity contribution in [3.63, 3.8) is 0 Å². The molecule has 0 unspecified atom stereocenters. The Labute approximate surface area is 169 Å². The molecule has 0 aliphatic heterocycles. The SMILES string of the molecule is COc1cccc(C(=O)Nc2nnc(SCc3ccc(Cl)cc3)s2)c1OC. The second kappa shape index (κ2) is 9.07. The van der Waals surface area contributed by atoms with Gasteiger partial charge in [-0.3, -0.25) is 10.1 Å². The van der Waals surface area contributed by atoms with E-state index in [0.717, 1.165) is 15.7 Å². The van der Waals surface area contributed by atoms with Gasteiger partial charge in [-0.1, -0.05) is 52.9 Å². The number of nitrogens with one attached hydrogen (secondary N) is 1. The minimum absolute atomic E-state index is 0.337. The Bertz CT molecular complexity index is 932. The van der Waals surface area contributed by atoms with Gasteiger partial charge >= 0.3 is 0 Å². The summed E-state index contributed by atoms with van der Waals surface area (Å²) < 4.78 is 11.3. The zero-order chi connectivity index (χ0) is 19.2. The van der Waals surface area contributed by atoms with Crippen LogP contribution in [0.4, 0.5) is 5.13 Å². The summed E-state index contributed by atoms with van der Waals surface area (Å²) in [5.74, 6) is 1.26. The van der Waals surface area contributed by atoms with Crippen LogP contribution in [0.15, 0.2) is 46.8 Å². The summed E-state index contributed by atoms with van der Waals surface area (Å²) in [6.45, 7) is 0. The molecule has 0 saturated carbocycles. The Morgan fingerprint density at radius 1 is 1.15 bits per heavy atom. The van der Waals surface area contributed by atoms with Crippen molar-refractivity contribution in [3.8, 4) is 11.5 Å². The Morgan fingerprint density at radius 3 is 2.63 bits per heavy atom. The zero-order valence-corrected chi connectivity index (χ0v) is 17.0. The monoisotopic (exact) mass is 421 g/mol. The molecule has 0 aliphatic carbocycles. The number of thioether (sulfide) groups is 1. The molecule has 2 aromatic carbocycles. The molecule has 1 aromatic heterocycles. The zero-order valence-electron chi connectivity index (χ0n) is 14.6. The van der Waals surface area contributed by atoms with Crippen molar-refractivity contribution in [3.05, 3.63) is 58.6 Å². The summed E-state index contributed by atoms with van der Waals surface area (Å²) >= 11 is 8.74. The van der Waals surface area contributed by atoms with E-state index in [1.165, 1.54) is 25.6 Å². The standard InChI is InChI=1S/C18H16ClN3O3S2/c1-24-14-5-3-4-13(15(14)25-2)16(23)20-17-21-22-18(27-17)26-10-11-6-8-12(19)9-7-11/h3-9H,10H2,1-2H3,(H,20,21,23). The number of hydrogen-bond donors (Lipinski definition) is 1. The lowest BCUT2D eigenvalue weighted by molar-refractivity contribution is 0.102. The van der Waals surface area contributed by atoms with Crippen LogP contribution in [-0.2, 0) is 5.75 Å². The first-order chi connectivity index (χ1) is 13.1. The Morgan fingerprint density at radius 2 is 1.93 bits per heavy atom. The number of nitrogens with zero attached hydrogens (tertiary/aromatic N) is 2. The van der Waals surface area contributed by atoms with Gasteiger partial charge in [0.05, 0.1) is 19.8 Å². The highest BCUT2D eigenvalue weighted by Gasteiger charge is 2.18. The lowest BCUT2D eigenvalue weighted by atomic mass is 10.1. The van der Waals surface area contributed by atoms with E-state index in [0.29, 0.717) is 27.2 Å². The van der Waals surface area contributed by atoms with Crippen LogP contribution in [0.3, 0.4) is 0 Å². The molecule has 0 fully saturated rings. The van der Waals surface area contributed by atoms with Crippen molar-refractivity contribution in [1.82, 2.24) is 10.2 Å². The third-order valence-electron chi connectivity index (χ3n) is 3.55. The first-order valence-corrected chi connectivity index (χ1v) is 10.0. The van der Waals surface area contributed by atoms with E-state index < -0.39 is 0 Å². The number of anilines is 1. The quantitative estimate of drug-likeness (QED) is 0.438. The highest BCUT2D eigenvalue weighted by molar-refractivity contribution is 8.00. The van der Waals surface area contributed by atoms with Gasteiger partial charge in [-0.15, -0.1) is 10.2 Å². The van der Waals surface area contributed by atoms with Crippen molar-refractivity contribution in [2.24, 2.45) is 0 Å². The predicted molar refractivity (Wildman–Crippen MR) is 108 cm³/mol. The number of rotatable bonds is 7.